The van der Waals surface area contributed by atoms with Crippen LogP contribution in [0.1, 0.15) is 0 Å². The number of hydrogen-bond acceptors (Lipinski definition) is 1. The molecule has 0 heterocycles. The normalized spacial score (nSPS) is 14.2. The molecule has 0 aromatic heterocycles. The molecule has 0 aliphatic rings. The molecule has 0 bridgehead atoms. The summed E-state index contributed by atoms with van der Waals surface area (Å²) < 4.78 is 20.9. The van der Waals surface area contributed by atoms with Crippen molar-refractivity contribution in [2.45, 2.75) is 0 Å². The summed E-state index contributed by atoms with van der Waals surface area (Å²) in [5.74, 6) is 0. The van der Waals surface area contributed by atoms with Crippen LogP contribution in [0.25, 0.3) is 0 Å². The van der Waals surface area contributed by atoms with Gasteiger partial charge in [-0.1, -0.05) is 12.1 Å². The Morgan fingerprint density at radius 3 is 2.38 bits per heavy atom. The molecule has 1 rings (SSSR count). The van der Waals surface area contributed by atoms with Gasteiger partial charge in [-0.25, -0.2) is 0 Å². The van der Waals surface area contributed by atoms with Gasteiger partial charge in [0.25, 0.3) is 0 Å². The number of hydrogen-bond donors (Lipinski definition) is 1. The van der Waals surface area contributed by atoms with Crippen molar-refractivity contribution in [3.8, 4) is 0 Å². The quantitative estimate of drug-likeness (QED) is 0.657. The van der Waals surface area contributed by atoms with E-state index in [1.165, 1.54) is 0 Å². The maximum absolute atomic E-state index is 11.0. The molecular formula is C8H11BrNO2S+. The number of para-hydroxylation sites is 1. The van der Waals surface area contributed by atoms with Crippen LogP contribution in [-0.4, -0.2) is 22.9 Å². The van der Waals surface area contributed by atoms with Crippen molar-refractivity contribution in [3.05, 3.63) is 28.7 Å². The standard InChI is InChI=1S/C8H10BrNO2S/c1-10(2,13(11)12)8-6-4-3-5-7(8)9/h3-6H,1-2H3/p+1. The third-order valence-electron chi connectivity index (χ3n) is 1.82. The highest BCUT2D eigenvalue weighted by Gasteiger charge is 2.28. The van der Waals surface area contributed by atoms with E-state index in [0.717, 1.165) is 10.2 Å². The first-order chi connectivity index (χ1) is 5.96. The van der Waals surface area contributed by atoms with Crippen LogP contribution in [0.4, 0.5) is 5.69 Å². The van der Waals surface area contributed by atoms with Gasteiger partial charge < -0.3 is 0 Å². The van der Waals surface area contributed by atoms with Crippen molar-refractivity contribution < 1.29 is 8.76 Å². The van der Waals surface area contributed by atoms with Gasteiger partial charge in [0.2, 0.25) is 0 Å². The third-order valence-corrected chi connectivity index (χ3v) is 3.47. The van der Waals surface area contributed by atoms with E-state index in [9.17, 15) is 4.21 Å². The Kier molecular flexibility index (Phi) is 3.23. The van der Waals surface area contributed by atoms with Gasteiger partial charge in [0.1, 0.15) is 0 Å². The lowest BCUT2D eigenvalue weighted by Gasteiger charge is -2.23. The summed E-state index contributed by atoms with van der Waals surface area (Å²) in [7, 11) is 3.35. The highest BCUT2D eigenvalue weighted by molar-refractivity contribution is 9.10. The third kappa shape index (κ3) is 2.17. The zero-order valence-corrected chi connectivity index (χ0v) is 9.80. The SMILES string of the molecule is C[N+](C)(c1ccccc1Br)S(=O)O. The van der Waals surface area contributed by atoms with E-state index >= 15 is 0 Å². The fraction of sp³-hybridized carbons (Fsp3) is 0.250. The van der Waals surface area contributed by atoms with Crippen molar-refractivity contribution in [2.24, 2.45) is 0 Å². The molecule has 0 saturated carbocycles. The van der Waals surface area contributed by atoms with Crippen LogP contribution in [0.5, 0.6) is 0 Å². The maximum Gasteiger partial charge on any atom is 0.363 e. The highest BCUT2D eigenvalue weighted by Crippen LogP contribution is 2.29. The largest absolute Gasteiger partial charge is 0.363 e. The van der Waals surface area contributed by atoms with E-state index in [4.69, 9.17) is 4.55 Å². The average Bonchev–Trinajstić information content (AvgIpc) is 2.04. The van der Waals surface area contributed by atoms with E-state index in [0.29, 0.717) is 0 Å². The number of nitrogens with zero attached hydrogens (tertiary/aromatic N) is 1. The summed E-state index contributed by atoms with van der Waals surface area (Å²) >= 11 is 1.41. The smallest absolute Gasteiger partial charge is 0.260 e. The van der Waals surface area contributed by atoms with Gasteiger partial charge in [-0.15, -0.1) is 0 Å². The van der Waals surface area contributed by atoms with Gasteiger partial charge in [0, 0.05) is 6.07 Å². The molecule has 1 unspecified atom stereocenters. The van der Waals surface area contributed by atoms with Crippen LogP contribution >= 0.6 is 15.9 Å². The lowest BCUT2D eigenvalue weighted by molar-refractivity contribution is 0.483. The topological polar surface area (TPSA) is 37.3 Å². The number of halogens is 1. The molecule has 1 atom stereocenters. The summed E-state index contributed by atoms with van der Waals surface area (Å²) in [6.45, 7) is 0. The predicted molar refractivity (Wildman–Crippen MR) is 58.6 cm³/mol. The molecule has 1 aromatic rings. The molecule has 0 saturated heterocycles. The molecule has 1 aromatic carbocycles. The predicted octanol–water partition coefficient (Wildman–Crippen LogP) is 2.15. The van der Waals surface area contributed by atoms with Crippen LogP contribution < -0.4 is 3.89 Å². The Balaban J connectivity index is 3.22. The van der Waals surface area contributed by atoms with E-state index in [1.807, 2.05) is 24.3 Å². The van der Waals surface area contributed by atoms with Gasteiger partial charge >= 0.3 is 11.3 Å². The molecule has 1 N–H and O–H groups in total. The fourth-order valence-electron chi connectivity index (χ4n) is 0.973. The first kappa shape index (κ1) is 10.8. The Bertz CT molecular complexity index is 341. The van der Waals surface area contributed by atoms with Gasteiger partial charge in [-0.3, -0.25) is 4.55 Å². The zero-order valence-electron chi connectivity index (χ0n) is 7.40. The summed E-state index contributed by atoms with van der Waals surface area (Å²) in [5.41, 5.74) is 0.781. The van der Waals surface area contributed by atoms with E-state index in [2.05, 4.69) is 15.9 Å². The first-order valence-electron chi connectivity index (χ1n) is 3.67. The minimum Gasteiger partial charge on any atom is -0.260 e. The number of benzene rings is 1. The van der Waals surface area contributed by atoms with E-state index in [1.54, 1.807) is 14.1 Å². The van der Waals surface area contributed by atoms with Gasteiger partial charge in [0.15, 0.2) is 5.69 Å². The zero-order chi connectivity index (χ0) is 10.1. The Labute approximate surface area is 88.5 Å². The Morgan fingerprint density at radius 2 is 1.92 bits per heavy atom. The molecule has 13 heavy (non-hydrogen) atoms. The number of quaternary nitrogens is 1. The minimum absolute atomic E-state index is 0.0680. The summed E-state index contributed by atoms with van der Waals surface area (Å²) in [6.07, 6.45) is 0. The van der Waals surface area contributed by atoms with Crippen LogP contribution in [-0.2, 0) is 11.3 Å². The molecule has 5 heteroatoms. The summed E-state index contributed by atoms with van der Waals surface area (Å²) in [6, 6.07) is 7.38. The van der Waals surface area contributed by atoms with Crippen LogP contribution in [0.3, 0.4) is 0 Å². The Morgan fingerprint density at radius 1 is 1.38 bits per heavy atom. The lowest BCUT2D eigenvalue weighted by atomic mass is 10.3. The Hall–Kier alpha value is -0.230. The number of rotatable bonds is 2. The minimum atomic E-state index is -1.93. The molecule has 0 spiro atoms. The van der Waals surface area contributed by atoms with E-state index < -0.39 is 11.3 Å². The van der Waals surface area contributed by atoms with E-state index in [-0.39, 0.29) is 3.89 Å². The van der Waals surface area contributed by atoms with Crippen molar-refractivity contribution >= 4 is 32.9 Å². The van der Waals surface area contributed by atoms with Gasteiger partial charge in [-0.05, 0) is 22.0 Å². The summed E-state index contributed by atoms with van der Waals surface area (Å²) in [5, 5.41) is 0. The molecule has 72 valence electrons. The highest BCUT2D eigenvalue weighted by atomic mass is 79.9. The second-order valence-corrected chi connectivity index (χ2v) is 5.26. The van der Waals surface area contributed by atoms with Gasteiger partial charge in [0.05, 0.1) is 18.6 Å². The van der Waals surface area contributed by atoms with Crippen molar-refractivity contribution in [2.75, 3.05) is 14.1 Å². The van der Waals surface area contributed by atoms with Crippen molar-refractivity contribution in [1.29, 1.82) is 0 Å². The molecule has 0 radical (unpaired) electrons. The summed E-state index contributed by atoms with van der Waals surface area (Å²) in [4.78, 5) is 0. The molecular weight excluding hydrogens is 254 g/mol. The van der Waals surface area contributed by atoms with Crippen LogP contribution in [0.2, 0.25) is 0 Å². The molecule has 0 amide bonds. The second kappa shape index (κ2) is 3.88. The van der Waals surface area contributed by atoms with Crippen LogP contribution in [0, 0.1) is 0 Å². The molecule has 0 aliphatic carbocycles. The lowest BCUT2D eigenvalue weighted by Crippen LogP contribution is -2.42. The molecule has 0 aliphatic heterocycles. The monoisotopic (exact) mass is 264 g/mol. The fourth-order valence-corrected chi connectivity index (χ4v) is 2.15. The average molecular weight is 265 g/mol. The first-order valence-corrected chi connectivity index (χ1v) is 5.52. The van der Waals surface area contributed by atoms with Crippen molar-refractivity contribution in [1.82, 2.24) is 3.89 Å². The van der Waals surface area contributed by atoms with Crippen LogP contribution in [0.15, 0.2) is 28.7 Å². The second-order valence-electron chi connectivity index (χ2n) is 3.03. The maximum atomic E-state index is 11.0. The van der Waals surface area contributed by atoms with Crippen molar-refractivity contribution in [3.63, 3.8) is 0 Å². The molecule has 0 fully saturated rings. The van der Waals surface area contributed by atoms with Gasteiger partial charge in [-0.2, -0.15) is 8.10 Å². The molecule has 3 nitrogen and oxygen atoms in total.